The summed E-state index contributed by atoms with van der Waals surface area (Å²) in [6, 6.07) is 1.98. The standard InChI is InChI=1S/C13H12ClF3N2O3/c14-6-1-3-9(20)8(5-6)18-11(21)7-2-4-10(13(15,16)17)19-12(7)22/h1,3,5,7,10,20H,2,4H2,(H,18,21)(H,19,22). The second-order valence-electron chi connectivity index (χ2n) is 4.88. The summed E-state index contributed by atoms with van der Waals surface area (Å²) >= 11 is 5.72. The zero-order valence-corrected chi connectivity index (χ0v) is 11.8. The third-order valence-corrected chi connectivity index (χ3v) is 3.54. The van der Waals surface area contributed by atoms with Crippen molar-refractivity contribution in [3.8, 4) is 5.75 Å². The Hall–Kier alpha value is -1.96. The van der Waals surface area contributed by atoms with Crippen molar-refractivity contribution >= 4 is 29.1 Å². The maximum atomic E-state index is 12.5. The molecule has 0 bridgehead atoms. The second-order valence-corrected chi connectivity index (χ2v) is 5.32. The molecule has 1 aromatic carbocycles. The van der Waals surface area contributed by atoms with Crippen LogP contribution in [0.1, 0.15) is 12.8 Å². The Balaban J connectivity index is 2.05. The van der Waals surface area contributed by atoms with E-state index in [1.807, 2.05) is 0 Å². The molecule has 1 saturated heterocycles. The second kappa shape index (κ2) is 6.04. The summed E-state index contributed by atoms with van der Waals surface area (Å²) in [5, 5.41) is 13.9. The first-order chi connectivity index (χ1) is 10.2. The van der Waals surface area contributed by atoms with Gasteiger partial charge in [0, 0.05) is 5.02 Å². The fourth-order valence-corrected chi connectivity index (χ4v) is 2.30. The van der Waals surface area contributed by atoms with E-state index in [2.05, 4.69) is 5.32 Å². The summed E-state index contributed by atoms with van der Waals surface area (Å²) in [6.45, 7) is 0. The first-order valence-electron chi connectivity index (χ1n) is 6.35. The molecule has 3 N–H and O–H groups in total. The number of nitrogens with one attached hydrogen (secondary N) is 2. The molecule has 1 aromatic rings. The van der Waals surface area contributed by atoms with Gasteiger partial charge in [-0.1, -0.05) is 11.6 Å². The Morgan fingerprint density at radius 2 is 2.05 bits per heavy atom. The number of phenolic OH excluding ortho intramolecular Hbond substituents is 1. The molecule has 1 heterocycles. The van der Waals surface area contributed by atoms with Crippen LogP contribution < -0.4 is 10.6 Å². The van der Waals surface area contributed by atoms with Gasteiger partial charge < -0.3 is 15.7 Å². The minimum Gasteiger partial charge on any atom is -0.506 e. The average Bonchev–Trinajstić information content (AvgIpc) is 2.41. The van der Waals surface area contributed by atoms with E-state index in [9.17, 15) is 27.9 Å². The molecule has 1 aliphatic rings. The molecule has 0 radical (unpaired) electrons. The monoisotopic (exact) mass is 336 g/mol. The van der Waals surface area contributed by atoms with Crippen LogP contribution in [-0.2, 0) is 9.59 Å². The third kappa shape index (κ3) is 3.62. The van der Waals surface area contributed by atoms with E-state index in [0.29, 0.717) is 0 Å². The lowest BCUT2D eigenvalue weighted by molar-refractivity contribution is -0.170. The van der Waals surface area contributed by atoms with E-state index in [-0.39, 0.29) is 29.3 Å². The van der Waals surface area contributed by atoms with E-state index in [1.54, 1.807) is 5.32 Å². The number of hydrogen-bond donors (Lipinski definition) is 3. The van der Waals surface area contributed by atoms with Crippen molar-refractivity contribution in [2.24, 2.45) is 5.92 Å². The maximum absolute atomic E-state index is 12.5. The van der Waals surface area contributed by atoms with Gasteiger partial charge >= 0.3 is 6.18 Å². The van der Waals surface area contributed by atoms with E-state index in [1.165, 1.54) is 18.2 Å². The Bertz CT molecular complexity index is 607. The molecule has 0 aliphatic carbocycles. The zero-order valence-electron chi connectivity index (χ0n) is 11.1. The lowest BCUT2D eigenvalue weighted by atomic mass is 9.92. The largest absolute Gasteiger partial charge is 0.506 e. The number of aromatic hydroxyl groups is 1. The molecule has 0 spiro atoms. The van der Waals surface area contributed by atoms with Gasteiger partial charge in [-0.05, 0) is 31.0 Å². The molecule has 5 nitrogen and oxygen atoms in total. The summed E-state index contributed by atoms with van der Waals surface area (Å²) in [5.74, 6) is -3.30. The van der Waals surface area contributed by atoms with Gasteiger partial charge in [0.25, 0.3) is 0 Å². The first-order valence-corrected chi connectivity index (χ1v) is 6.72. The highest BCUT2D eigenvalue weighted by molar-refractivity contribution is 6.31. The van der Waals surface area contributed by atoms with Crippen molar-refractivity contribution < 1.29 is 27.9 Å². The molecule has 22 heavy (non-hydrogen) atoms. The van der Waals surface area contributed by atoms with Crippen molar-refractivity contribution in [3.05, 3.63) is 23.2 Å². The van der Waals surface area contributed by atoms with E-state index in [0.717, 1.165) is 0 Å². The fourth-order valence-electron chi connectivity index (χ4n) is 2.13. The molecule has 9 heteroatoms. The first kappa shape index (κ1) is 16.4. The Morgan fingerprint density at radius 3 is 2.64 bits per heavy atom. The van der Waals surface area contributed by atoms with Gasteiger partial charge in [-0.15, -0.1) is 0 Å². The summed E-state index contributed by atoms with van der Waals surface area (Å²) < 4.78 is 37.6. The van der Waals surface area contributed by atoms with Crippen molar-refractivity contribution in [2.45, 2.75) is 25.1 Å². The van der Waals surface area contributed by atoms with Gasteiger partial charge in [-0.2, -0.15) is 13.2 Å². The summed E-state index contributed by atoms with van der Waals surface area (Å²) in [4.78, 5) is 23.7. The van der Waals surface area contributed by atoms with Crippen molar-refractivity contribution in [3.63, 3.8) is 0 Å². The van der Waals surface area contributed by atoms with Gasteiger partial charge in [0.1, 0.15) is 17.7 Å². The van der Waals surface area contributed by atoms with Crippen LogP contribution in [0.4, 0.5) is 18.9 Å². The molecule has 2 rings (SSSR count). The van der Waals surface area contributed by atoms with Crippen LogP contribution >= 0.6 is 11.6 Å². The van der Waals surface area contributed by atoms with Crippen molar-refractivity contribution in [1.29, 1.82) is 0 Å². The number of carbonyl (C=O) groups excluding carboxylic acids is 2. The van der Waals surface area contributed by atoms with Gasteiger partial charge in [0.15, 0.2) is 0 Å². The van der Waals surface area contributed by atoms with Crippen LogP contribution in [0.3, 0.4) is 0 Å². The molecule has 1 aliphatic heterocycles. The van der Waals surface area contributed by atoms with Crippen LogP contribution in [0.25, 0.3) is 0 Å². The SMILES string of the molecule is O=C(Nc1cc(Cl)ccc1O)C1CCC(C(F)(F)F)NC1=O. The Morgan fingerprint density at radius 1 is 1.36 bits per heavy atom. The van der Waals surface area contributed by atoms with Crippen LogP contribution in [0.2, 0.25) is 5.02 Å². The summed E-state index contributed by atoms with van der Waals surface area (Å²) in [5.41, 5.74) is -0.0109. The van der Waals surface area contributed by atoms with Gasteiger partial charge in [0.2, 0.25) is 11.8 Å². The third-order valence-electron chi connectivity index (χ3n) is 3.31. The van der Waals surface area contributed by atoms with Crippen molar-refractivity contribution in [2.75, 3.05) is 5.32 Å². The molecule has 2 unspecified atom stereocenters. The highest BCUT2D eigenvalue weighted by Gasteiger charge is 2.45. The number of hydrogen-bond acceptors (Lipinski definition) is 3. The van der Waals surface area contributed by atoms with E-state index in [4.69, 9.17) is 11.6 Å². The smallest absolute Gasteiger partial charge is 0.408 e. The summed E-state index contributed by atoms with van der Waals surface area (Å²) in [6.07, 6.45) is -5.15. The van der Waals surface area contributed by atoms with Gasteiger partial charge in [-0.25, -0.2) is 0 Å². The lowest BCUT2D eigenvalue weighted by Gasteiger charge is -2.29. The number of halogens is 4. The molecule has 0 saturated carbocycles. The van der Waals surface area contributed by atoms with Crippen LogP contribution in [0.15, 0.2) is 18.2 Å². The number of amides is 2. The number of benzene rings is 1. The number of alkyl halides is 3. The minimum absolute atomic E-state index is 0.0109. The number of piperidine rings is 1. The van der Waals surface area contributed by atoms with Gasteiger partial charge in [-0.3, -0.25) is 9.59 Å². The molecule has 0 aromatic heterocycles. The van der Waals surface area contributed by atoms with Crippen molar-refractivity contribution in [1.82, 2.24) is 5.32 Å². The predicted molar refractivity (Wildman–Crippen MR) is 72.5 cm³/mol. The van der Waals surface area contributed by atoms with Gasteiger partial charge in [0.05, 0.1) is 5.69 Å². The normalized spacial score (nSPS) is 22.1. The topological polar surface area (TPSA) is 78.4 Å². The zero-order chi connectivity index (χ0) is 16.5. The average molecular weight is 337 g/mol. The number of anilines is 1. The minimum atomic E-state index is -4.54. The molecular formula is C13H12ClF3N2O3. The molecule has 2 amide bonds. The van der Waals surface area contributed by atoms with Crippen LogP contribution in [0, 0.1) is 5.92 Å². The summed E-state index contributed by atoms with van der Waals surface area (Å²) in [7, 11) is 0. The molecule has 120 valence electrons. The Labute approximate surface area is 128 Å². The molecule has 2 atom stereocenters. The van der Waals surface area contributed by atoms with E-state index >= 15 is 0 Å². The fraction of sp³-hybridized carbons (Fsp3) is 0.385. The maximum Gasteiger partial charge on any atom is 0.408 e. The van der Waals surface area contributed by atoms with Crippen LogP contribution in [0.5, 0.6) is 5.75 Å². The molecule has 1 fully saturated rings. The quantitative estimate of drug-likeness (QED) is 0.573. The van der Waals surface area contributed by atoms with Crippen LogP contribution in [-0.4, -0.2) is 29.1 Å². The highest BCUT2D eigenvalue weighted by Crippen LogP contribution is 2.30. The number of phenols is 1. The van der Waals surface area contributed by atoms with E-state index < -0.39 is 30.0 Å². The molecular weight excluding hydrogens is 325 g/mol. The Kier molecular flexibility index (Phi) is 4.50. The lowest BCUT2D eigenvalue weighted by Crippen LogP contribution is -2.53. The number of rotatable bonds is 2. The number of carbonyl (C=O) groups is 2. The predicted octanol–water partition coefficient (Wildman–Crippen LogP) is 2.44. The highest BCUT2D eigenvalue weighted by atomic mass is 35.5.